The average molecular weight is 249 g/mol. The van der Waals surface area contributed by atoms with Crippen LogP contribution in [0.4, 0.5) is 5.82 Å². The van der Waals surface area contributed by atoms with Gasteiger partial charge in [-0.1, -0.05) is 13.8 Å². The van der Waals surface area contributed by atoms with Crippen molar-refractivity contribution in [2.75, 3.05) is 26.2 Å². The number of aromatic nitrogens is 1. The molecule has 1 radical (unpaired) electrons. The second kappa shape index (κ2) is 7.66. The molecular formula is C13H21N4O. The molecule has 1 heterocycles. The van der Waals surface area contributed by atoms with E-state index in [1.54, 1.807) is 6.07 Å². The zero-order valence-corrected chi connectivity index (χ0v) is 11.1. The monoisotopic (exact) mass is 249 g/mol. The Morgan fingerprint density at radius 1 is 1.39 bits per heavy atom. The lowest BCUT2D eigenvalue weighted by molar-refractivity contribution is 0.0951. The predicted octanol–water partition coefficient (Wildman–Crippen LogP) is 1.46. The normalized spacial score (nSPS) is 10.6. The third-order valence-electron chi connectivity index (χ3n) is 2.86. The Labute approximate surface area is 108 Å². The molecule has 0 aromatic carbocycles. The number of nitrogens with zero attached hydrogens (tertiary/aromatic N) is 2. The summed E-state index contributed by atoms with van der Waals surface area (Å²) in [6.45, 7) is 8.01. The number of pyridine rings is 1. The SMILES string of the molecule is CCN(CC)CCCNC(=O)c1ccc([NH])nc1. The minimum atomic E-state index is -0.123. The number of carbonyl (C=O) groups excluding carboxylic acids is 1. The summed E-state index contributed by atoms with van der Waals surface area (Å²) < 4.78 is 0. The maximum absolute atomic E-state index is 11.7. The largest absolute Gasteiger partial charge is 0.352 e. The van der Waals surface area contributed by atoms with Crippen molar-refractivity contribution in [2.45, 2.75) is 20.3 Å². The maximum atomic E-state index is 11.7. The van der Waals surface area contributed by atoms with Crippen LogP contribution in [0, 0.1) is 0 Å². The standard InChI is InChI=1S/C13H21N4O/c1-3-17(4-2)9-5-8-15-13(18)11-6-7-12(14)16-10-11/h6-7,10,14H,3-5,8-9H2,1-2H3,(H,15,18). The molecule has 18 heavy (non-hydrogen) atoms. The average Bonchev–Trinajstić information content (AvgIpc) is 2.39. The van der Waals surface area contributed by atoms with Crippen molar-refractivity contribution in [2.24, 2.45) is 0 Å². The van der Waals surface area contributed by atoms with Gasteiger partial charge in [-0.25, -0.2) is 4.98 Å². The van der Waals surface area contributed by atoms with Crippen LogP contribution < -0.4 is 11.1 Å². The van der Waals surface area contributed by atoms with Crippen LogP contribution in [0.25, 0.3) is 0 Å². The molecule has 0 saturated heterocycles. The first kappa shape index (κ1) is 14.4. The van der Waals surface area contributed by atoms with Crippen LogP contribution >= 0.6 is 0 Å². The highest BCUT2D eigenvalue weighted by Gasteiger charge is 2.05. The Kier molecular flexibility index (Phi) is 6.14. The van der Waals surface area contributed by atoms with E-state index in [2.05, 4.69) is 29.0 Å². The zero-order valence-electron chi connectivity index (χ0n) is 11.1. The first-order valence-electron chi connectivity index (χ1n) is 6.35. The van der Waals surface area contributed by atoms with Crippen molar-refractivity contribution >= 4 is 11.7 Å². The molecule has 0 unspecified atom stereocenters. The summed E-state index contributed by atoms with van der Waals surface area (Å²) in [4.78, 5) is 17.8. The van der Waals surface area contributed by atoms with Crippen molar-refractivity contribution in [3.63, 3.8) is 0 Å². The van der Waals surface area contributed by atoms with Gasteiger partial charge in [0.1, 0.15) is 5.82 Å². The first-order valence-corrected chi connectivity index (χ1v) is 6.35. The number of hydrogen-bond acceptors (Lipinski definition) is 3. The molecule has 0 aliphatic rings. The molecule has 5 heteroatoms. The van der Waals surface area contributed by atoms with Gasteiger partial charge in [-0.2, -0.15) is 0 Å². The highest BCUT2D eigenvalue weighted by atomic mass is 16.1. The fourth-order valence-electron chi connectivity index (χ4n) is 1.67. The zero-order chi connectivity index (χ0) is 13.4. The number of carbonyl (C=O) groups is 1. The van der Waals surface area contributed by atoms with E-state index in [1.807, 2.05) is 0 Å². The molecule has 1 amide bonds. The van der Waals surface area contributed by atoms with Crippen LogP contribution in [0.2, 0.25) is 0 Å². The summed E-state index contributed by atoms with van der Waals surface area (Å²) in [7, 11) is 0. The van der Waals surface area contributed by atoms with Crippen molar-refractivity contribution in [1.29, 1.82) is 0 Å². The van der Waals surface area contributed by atoms with Gasteiger partial charge in [0, 0.05) is 12.7 Å². The number of hydrogen-bond donors (Lipinski definition) is 1. The lowest BCUT2D eigenvalue weighted by Gasteiger charge is -2.17. The minimum absolute atomic E-state index is 0.123. The molecule has 0 fully saturated rings. The smallest absolute Gasteiger partial charge is 0.252 e. The highest BCUT2D eigenvalue weighted by Crippen LogP contribution is 2.02. The summed E-state index contributed by atoms with van der Waals surface area (Å²) in [5, 5.41) is 2.86. The van der Waals surface area contributed by atoms with Crippen molar-refractivity contribution < 1.29 is 4.79 Å². The minimum Gasteiger partial charge on any atom is -0.352 e. The third-order valence-corrected chi connectivity index (χ3v) is 2.86. The number of rotatable bonds is 7. The molecule has 5 nitrogen and oxygen atoms in total. The topological polar surface area (TPSA) is 69.0 Å². The summed E-state index contributed by atoms with van der Waals surface area (Å²) in [6.07, 6.45) is 2.37. The van der Waals surface area contributed by atoms with Crippen LogP contribution in [-0.2, 0) is 0 Å². The van der Waals surface area contributed by atoms with E-state index in [0.717, 1.165) is 26.1 Å². The Hall–Kier alpha value is -1.62. The molecule has 1 aromatic heterocycles. The summed E-state index contributed by atoms with van der Waals surface area (Å²) >= 11 is 0. The van der Waals surface area contributed by atoms with Gasteiger partial charge in [0.2, 0.25) is 0 Å². The summed E-state index contributed by atoms with van der Waals surface area (Å²) in [5.74, 6) is 0.0510. The number of amides is 1. The van der Waals surface area contributed by atoms with E-state index in [4.69, 9.17) is 5.73 Å². The van der Waals surface area contributed by atoms with Gasteiger partial charge in [-0.3, -0.25) is 10.5 Å². The van der Waals surface area contributed by atoms with Crippen LogP contribution in [0.5, 0.6) is 0 Å². The Balaban J connectivity index is 2.27. The van der Waals surface area contributed by atoms with Gasteiger partial charge in [0.15, 0.2) is 0 Å². The van der Waals surface area contributed by atoms with Crippen LogP contribution in [-0.4, -0.2) is 42.0 Å². The molecule has 0 spiro atoms. The summed E-state index contributed by atoms with van der Waals surface area (Å²) in [5.41, 5.74) is 7.75. The summed E-state index contributed by atoms with van der Waals surface area (Å²) in [6, 6.07) is 3.14. The van der Waals surface area contributed by atoms with Crippen molar-refractivity contribution in [3.05, 3.63) is 23.9 Å². The highest BCUT2D eigenvalue weighted by molar-refractivity contribution is 5.93. The molecule has 2 N–H and O–H groups in total. The Bertz CT molecular complexity index is 360. The molecular weight excluding hydrogens is 228 g/mol. The molecule has 1 aromatic rings. The Morgan fingerprint density at radius 3 is 2.67 bits per heavy atom. The van der Waals surface area contributed by atoms with E-state index < -0.39 is 0 Å². The van der Waals surface area contributed by atoms with E-state index in [1.165, 1.54) is 12.3 Å². The van der Waals surface area contributed by atoms with E-state index in [9.17, 15) is 4.79 Å². The molecule has 0 bridgehead atoms. The fraction of sp³-hybridized carbons (Fsp3) is 0.538. The fourth-order valence-corrected chi connectivity index (χ4v) is 1.67. The van der Waals surface area contributed by atoms with Crippen molar-refractivity contribution in [3.8, 4) is 0 Å². The van der Waals surface area contributed by atoms with Crippen molar-refractivity contribution in [1.82, 2.24) is 20.9 Å². The lowest BCUT2D eigenvalue weighted by Crippen LogP contribution is -2.29. The van der Waals surface area contributed by atoms with E-state index >= 15 is 0 Å². The second-order valence-electron chi connectivity index (χ2n) is 4.07. The molecule has 0 atom stereocenters. The van der Waals surface area contributed by atoms with Crippen LogP contribution in [0.15, 0.2) is 18.3 Å². The molecule has 0 aliphatic heterocycles. The van der Waals surface area contributed by atoms with Gasteiger partial charge in [0.25, 0.3) is 5.91 Å². The maximum Gasteiger partial charge on any atom is 0.252 e. The van der Waals surface area contributed by atoms with Crippen LogP contribution in [0.1, 0.15) is 30.6 Å². The second-order valence-corrected chi connectivity index (χ2v) is 4.07. The van der Waals surface area contributed by atoms with Gasteiger partial charge < -0.3 is 10.2 Å². The third kappa shape index (κ3) is 4.71. The molecule has 0 aliphatic carbocycles. The predicted molar refractivity (Wildman–Crippen MR) is 71.7 cm³/mol. The van der Waals surface area contributed by atoms with Gasteiger partial charge in [-0.05, 0) is 38.2 Å². The molecule has 0 saturated carbocycles. The first-order chi connectivity index (χ1) is 8.67. The van der Waals surface area contributed by atoms with E-state index in [-0.39, 0.29) is 11.7 Å². The number of nitrogens with one attached hydrogen (secondary N) is 2. The quantitative estimate of drug-likeness (QED) is 0.744. The van der Waals surface area contributed by atoms with Gasteiger partial charge >= 0.3 is 0 Å². The molecule has 99 valence electrons. The molecule has 1 rings (SSSR count). The van der Waals surface area contributed by atoms with Gasteiger partial charge in [0.05, 0.1) is 5.56 Å². The Morgan fingerprint density at radius 2 is 2.11 bits per heavy atom. The van der Waals surface area contributed by atoms with Gasteiger partial charge in [-0.15, -0.1) is 0 Å². The van der Waals surface area contributed by atoms with E-state index in [0.29, 0.717) is 12.1 Å². The lowest BCUT2D eigenvalue weighted by atomic mass is 10.2. The van der Waals surface area contributed by atoms with Crippen LogP contribution in [0.3, 0.4) is 0 Å².